The van der Waals surface area contributed by atoms with Gasteiger partial charge in [-0.05, 0) is 25.2 Å². The highest BCUT2D eigenvalue weighted by Crippen LogP contribution is 2.07. The molecule has 0 aromatic carbocycles. The standard InChI is InChI=1S/C20H36N8O8/c1-9(2)6-13(19(35)36)28-18(34)12(8-15(30)31)27-17(33)11(7-14(22)29)26-16(32)10(21)4-3-5-25-20(23)24/h9-13H,3-8,21H2,1-2H3,(H2,22,29)(H,26,32)(H,27,33)(H,28,34)(H,30,31)(H,35,36)(H4,23,24,25). The van der Waals surface area contributed by atoms with Crippen LogP contribution >= 0.6 is 0 Å². The van der Waals surface area contributed by atoms with E-state index in [0.717, 1.165) is 0 Å². The van der Waals surface area contributed by atoms with E-state index >= 15 is 0 Å². The summed E-state index contributed by atoms with van der Waals surface area (Å²) in [5.74, 6) is -7.01. The number of amides is 4. The van der Waals surface area contributed by atoms with Crippen LogP contribution in [0.1, 0.15) is 46.0 Å². The summed E-state index contributed by atoms with van der Waals surface area (Å²) in [4.78, 5) is 75.6. The van der Waals surface area contributed by atoms with Gasteiger partial charge in [0, 0.05) is 6.54 Å². The lowest BCUT2D eigenvalue weighted by atomic mass is 10.0. The number of nitrogens with one attached hydrogen (secondary N) is 3. The molecule has 0 spiro atoms. The van der Waals surface area contributed by atoms with E-state index in [1.807, 2.05) is 0 Å². The van der Waals surface area contributed by atoms with Crippen molar-refractivity contribution >= 4 is 41.5 Å². The van der Waals surface area contributed by atoms with Crippen molar-refractivity contribution in [2.75, 3.05) is 6.54 Å². The number of aliphatic carboxylic acids is 2. The van der Waals surface area contributed by atoms with Crippen molar-refractivity contribution in [2.24, 2.45) is 33.8 Å². The predicted molar refractivity (Wildman–Crippen MR) is 127 cm³/mol. The average Bonchev–Trinajstić information content (AvgIpc) is 2.73. The third-order valence-electron chi connectivity index (χ3n) is 4.68. The first-order valence-electron chi connectivity index (χ1n) is 11.1. The summed E-state index contributed by atoms with van der Waals surface area (Å²) in [7, 11) is 0. The second kappa shape index (κ2) is 15.9. The molecule has 36 heavy (non-hydrogen) atoms. The van der Waals surface area contributed by atoms with Crippen molar-refractivity contribution in [1.82, 2.24) is 16.0 Å². The Kier molecular flexibility index (Phi) is 14.1. The molecule has 0 radical (unpaired) electrons. The van der Waals surface area contributed by atoms with Crippen LogP contribution < -0.4 is 38.9 Å². The maximum atomic E-state index is 12.8. The third kappa shape index (κ3) is 13.7. The number of aliphatic imine (C=N–C) groups is 1. The Morgan fingerprint density at radius 2 is 1.31 bits per heavy atom. The highest BCUT2D eigenvalue weighted by molar-refractivity contribution is 5.97. The van der Waals surface area contributed by atoms with E-state index in [-0.39, 0.29) is 31.3 Å². The van der Waals surface area contributed by atoms with Crippen molar-refractivity contribution in [3.63, 3.8) is 0 Å². The van der Waals surface area contributed by atoms with Gasteiger partial charge in [0.25, 0.3) is 0 Å². The molecule has 0 aromatic heterocycles. The van der Waals surface area contributed by atoms with Gasteiger partial charge in [0.05, 0.1) is 18.9 Å². The fourth-order valence-corrected chi connectivity index (χ4v) is 2.96. The minimum atomic E-state index is -1.70. The summed E-state index contributed by atoms with van der Waals surface area (Å²) in [6.07, 6.45) is -1.06. The van der Waals surface area contributed by atoms with Gasteiger partial charge in [-0.1, -0.05) is 13.8 Å². The summed E-state index contributed by atoms with van der Waals surface area (Å²) in [5, 5.41) is 25.0. The van der Waals surface area contributed by atoms with Crippen molar-refractivity contribution < 1.29 is 39.0 Å². The monoisotopic (exact) mass is 516 g/mol. The molecule has 0 fully saturated rings. The quantitative estimate of drug-likeness (QED) is 0.0514. The third-order valence-corrected chi connectivity index (χ3v) is 4.68. The second-order valence-electron chi connectivity index (χ2n) is 8.47. The molecule has 4 amide bonds. The lowest BCUT2D eigenvalue weighted by Crippen LogP contribution is -2.58. The van der Waals surface area contributed by atoms with Gasteiger partial charge in [-0.3, -0.25) is 29.0 Å². The van der Waals surface area contributed by atoms with Crippen molar-refractivity contribution in [3.05, 3.63) is 0 Å². The van der Waals surface area contributed by atoms with Gasteiger partial charge in [-0.15, -0.1) is 0 Å². The highest BCUT2D eigenvalue weighted by atomic mass is 16.4. The number of carboxylic acids is 2. The lowest BCUT2D eigenvalue weighted by molar-refractivity contribution is -0.144. The van der Waals surface area contributed by atoms with E-state index in [9.17, 15) is 33.9 Å². The Balaban J connectivity index is 5.44. The van der Waals surface area contributed by atoms with Crippen molar-refractivity contribution in [1.29, 1.82) is 0 Å². The van der Waals surface area contributed by atoms with Crippen molar-refractivity contribution in [2.45, 2.75) is 70.1 Å². The molecule has 204 valence electrons. The number of nitrogens with zero attached hydrogens (tertiary/aromatic N) is 1. The molecular formula is C20H36N8O8. The van der Waals surface area contributed by atoms with Crippen LogP contribution in [-0.2, 0) is 28.8 Å². The molecule has 0 saturated carbocycles. The lowest BCUT2D eigenvalue weighted by Gasteiger charge is -2.24. The smallest absolute Gasteiger partial charge is 0.326 e. The number of primary amides is 1. The summed E-state index contributed by atoms with van der Waals surface area (Å²) in [6, 6.07) is -5.71. The van der Waals surface area contributed by atoms with Gasteiger partial charge >= 0.3 is 11.9 Å². The molecule has 0 saturated heterocycles. The number of guanidine groups is 1. The minimum Gasteiger partial charge on any atom is -0.481 e. The molecule has 13 N–H and O–H groups in total. The number of carboxylic acid groups (broad SMARTS) is 2. The summed E-state index contributed by atoms with van der Waals surface area (Å²) >= 11 is 0. The van der Waals surface area contributed by atoms with Gasteiger partial charge in [-0.25, -0.2) is 4.79 Å². The van der Waals surface area contributed by atoms with Crippen LogP contribution in [0.4, 0.5) is 0 Å². The number of hydrogen-bond acceptors (Lipinski definition) is 8. The fraction of sp³-hybridized carbons (Fsp3) is 0.650. The van der Waals surface area contributed by atoms with Crippen LogP contribution in [0, 0.1) is 5.92 Å². The second-order valence-corrected chi connectivity index (χ2v) is 8.47. The molecule has 0 aliphatic carbocycles. The van der Waals surface area contributed by atoms with E-state index < -0.39 is 72.6 Å². The number of carbonyl (C=O) groups excluding carboxylic acids is 4. The maximum absolute atomic E-state index is 12.8. The molecule has 0 aliphatic heterocycles. The molecular weight excluding hydrogens is 480 g/mol. The Hall–Kier alpha value is -3.95. The van der Waals surface area contributed by atoms with Gasteiger partial charge in [0.15, 0.2) is 5.96 Å². The number of hydrogen-bond donors (Lipinski definition) is 9. The average molecular weight is 517 g/mol. The Labute approximate surface area is 207 Å². The van der Waals surface area contributed by atoms with E-state index in [4.69, 9.17) is 28.0 Å². The zero-order valence-electron chi connectivity index (χ0n) is 20.2. The van der Waals surface area contributed by atoms with Crippen molar-refractivity contribution in [3.8, 4) is 0 Å². The SMILES string of the molecule is CC(C)CC(NC(=O)C(CC(=O)O)NC(=O)C(CC(N)=O)NC(=O)C(N)CCCN=C(N)N)C(=O)O. The molecule has 4 unspecified atom stereocenters. The Morgan fingerprint density at radius 3 is 1.75 bits per heavy atom. The van der Waals surface area contributed by atoms with E-state index in [1.54, 1.807) is 13.8 Å². The molecule has 4 atom stereocenters. The number of rotatable bonds is 17. The molecule has 0 aromatic rings. The summed E-state index contributed by atoms with van der Waals surface area (Å²) in [5.41, 5.74) is 21.3. The zero-order valence-corrected chi connectivity index (χ0v) is 20.2. The van der Waals surface area contributed by atoms with Crippen LogP contribution in [0.15, 0.2) is 4.99 Å². The summed E-state index contributed by atoms with van der Waals surface area (Å²) < 4.78 is 0. The van der Waals surface area contributed by atoms with Crippen LogP contribution in [0.25, 0.3) is 0 Å². The Morgan fingerprint density at radius 1 is 0.806 bits per heavy atom. The molecule has 16 heteroatoms. The van der Waals surface area contributed by atoms with Crippen LogP contribution in [0.5, 0.6) is 0 Å². The minimum absolute atomic E-state index is 0.0518. The Bertz CT molecular complexity index is 844. The normalized spacial score (nSPS) is 14.0. The van der Waals surface area contributed by atoms with E-state index in [1.165, 1.54) is 0 Å². The largest absolute Gasteiger partial charge is 0.481 e. The first kappa shape index (κ1) is 32.0. The fourth-order valence-electron chi connectivity index (χ4n) is 2.96. The van der Waals surface area contributed by atoms with E-state index in [0.29, 0.717) is 6.42 Å². The highest BCUT2D eigenvalue weighted by Gasteiger charge is 2.32. The van der Waals surface area contributed by atoms with Gasteiger partial charge in [0.2, 0.25) is 23.6 Å². The van der Waals surface area contributed by atoms with Crippen LogP contribution in [0.2, 0.25) is 0 Å². The van der Waals surface area contributed by atoms with Gasteiger partial charge < -0.3 is 49.1 Å². The first-order valence-corrected chi connectivity index (χ1v) is 11.1. The molecule has 0 rings (SSSR count). The van der Waals surface area contributed by atoms with Crippen LogP contribution in [0.3, 0.4) is 0 Å². The number of carbonyl (C=O) groups is 6. The molecule has 0 aliphatic rings. The van der Waals surface area contributed by atoms with Gasteiger partial charge in [-0.2, -0.15) is 0 Å². The number of nitrogens with two attached hydrogens (primary N) is 4. The molecule has 0 bridgehead atoms. The first-order chi connectivity index (χ1) is 16.6. The van der Waals surface area contributed by atoms with E-state index in [2.05, 4.69) is 20.9 Å². The topological polar surface area (TPSA) is 295 Å². The molecule has 16 nitrogen and oxygen atoms in total. The van der Waals surface area contributed by atoms with Crippen LogP contribution in [-0.4, -0.2) is 82.5 Å². The summed E-state index contributed by atoms with van der Waals surface area (Å²) in [6.45, 7) is 3.65. The zero-order chi connectivity index (χ0) is 28.0. The predicted octanol–water partition coefficient (Wildman–Crippen LogP) is -3.70. The maximum Gasteiger partial charge on any atom is 0.326 e. The molecule has 0 heterocycles. The van der Waals surface area contributed by atoms with Gasteiger partial charge in [0.1, 0.15) is 18.1 Å².